The van der Waals surface area contributed by atoms with Crippen LogP contribution in [-0.2, 0) is 16.1 Å². The largest absolute Gasteiger partial charge is 0.373 e. The summed E-state index contributed by atoms with van der Waals surface area (Å²) >= 11 is 6.03. The van der Waals surface area contributed by atoms with Gasteiger partial charge in [-0.25, -0.2) is 4.68 Å². The second-order valence-corrected chi connectivity index (χ2v) is 6.94. The molecule has 1 aliphatic heterocycles. The van der Waals surface area contributed by atoms with Gasteiger partial charge >= 0.3 is 0 Å². The van der Waals surface area contributed by atoms with E-state index >= 15 is 0 Å². The Kier molecular flexibility index (Phi) is 5.73. The molecule has 2 aromatic rings. The second-order valence-electron chi connectivity index (χ2n) is 6.50. The molecule has 1 saturated heterocycles. The Hall–Kier alpha value is -1.89. The number of hydrogen-bond donors (Lipinski definition) is 1. The van der Waals surface area contributed by atoms with Crippen LogP contribution >= 0.6 is 11.6 Å². The third-order valence-corrected chi connectivity index (χ3v) is 4.30. The average Bonchev–Trinajstić information content (AvgIpc) is 2.93. The lowest BCUT2D eigenvalue weighted by atomic mass is 10.2. The monoisotopic (exact) mass is 362 g/mol. The van der Waals surface area contributed by atoms with E-state index in [1.54, 1.807) is 16.9 Å². The quantitative estimate of drug-likeness (QED) is 0.888. The molecule has 7 heteroatoms. The zero-order valence-corrected chi connectivity index (χ0v) is 15.2. The average molecular weight is 363 g/mol. The first-order chi connectivity index (χ1) is 12.0. The Morgan fingerprint density at radius 2 is 2.08 bits per heavy atom. The lowest BCUT2D eigenvalue weighted by molar-refractivity contribution is -0.121. The molecule has 6 nitrogen and oxygen atoms in total. The summed E-state index contributed by atoms with van der Waals surface area (Å²) in [6.07, 6.45) is 1.97. The number of ether oxygens (including phenoxy) is 1. The van der Waals surface area contributed by atoms with Gasteiger partial charge in [-0.15, -0.1) is 0 Å². The normalized spacial score (nSPS) is 21.2. The number of nitrogens with one attached hydrogen (secondary N) is 1. The fourth-order valence-corrected chi connectivity index (χ4v) is 3.38. The molecule has 1 amide bonds. The van der Waals surface area contributed by atoms with Crippen LogP contribution in [0.3, 0.4) is 0 Å². The molecule has 2 atom stereocenters. The lowest BCUT2D eigenvalue weighted by Gasteiger charge is -2.34. The molecule has 3 rings (SSSR count). The van der Waals surface area contributed by atoms with Gasteiger partial charge in [0.25, 0.3) is 0 Å². The molecule has 1 N–H and O–H groups in total. The van der Waals surface area contributed by atoms with E-state index in [-0.39, 0.29) is 18.1 Å². The highest BCUT2D eigenvalue weighted by molar-refractivity contribution is 6.30. The number of rotatable bonds is 5. The molecule has 1 aromatic carbocycles. The highest BCUT2D eigenvalue weighted by atomic mass is 35.5. The number of carbonyl (C=O) groups excluding carboxylic acids is 1. The van der Waals surface area contributed by atoms with Gasteiger partial charge in [-0.1, -0.05) is 23.7 Å². The zero-order chi connectivity index (χ0) is 17.8. The van der Waals surface area contributed by atoms with Crippen LogP contribution in [0.1, 0.15) is 19.4 Å². The van der Waals surface area contributed by atoms with Gasteiger partial charge in [-0.2, -0.15) is 5.10 Å². The first kappa shape index (κ1) is 17.9. The highest BCUT2D eigenvalue weighted by Crippen LogP contribution is 2.15. The van der Waals surface area contributed by atoms with Crippen molar-refractivity contribution < 1.29 is 9.53 Å². The van der Waals surface area contributed by atoms with Crippen LogP contribution in [-0.4, -0.2) is 52.4 Å². The van der Waals surface area contributed by atoms with Crippen LogP contribution in [0.4, 0.5) is 5.82 Å². The predicted octanol–water partition coefficient (Wildman–Crippen LogP) is 2.63. The fourth-order valence-electron chi connectivity index (χ4n) is 3.17. The maximum Gasteiger partial charge on any atom is 0.239 e. The van der Waals surface area contributed by atoms with E-state index in [0.29, 0.717) is 23.9 Å². The van der Waals surface area contributed by atoms with Gasteiger partial charge in [-0.3, -0.25) is 9.69 Å². The molecule has 0 spiro atoms. The number of morpholine rings is 1. The number of anilines is 1. The summed E-state index contributed by atoms with van der Waals surface area (Å²) in [5.41, 5.74) is 1.03. The number of benzene rings is 1. The van der Waals surface area contributed by atoms with Crippen LogP contribution < -0.4 is 5.32 Å². The molecular formula is C18H23ClN4O2. The summed E-state index contributed by atoms with van der Waals surface area (Å²) in [5, 5.41) is 7.92. The van der Waals surface area contributed by atoms with E-state index in [1.807, 2.05) is 38.1 Å². The molecule has 134 valence electrons. The lowest BCUT2D eigenvalue weighted by Crippen LogP contribution is -2.48. The summed E-state index contributed by atoms with van der Waals surface area (Å²) in [6, 6.07) is 9.41. The van der Waals surface area contributed by atoms with Crippen molar-refractivity contribution in [2.45, 2.75) is 32.6 Å². The topological polar surface area (TPSA) is 59.4 Å². The summed E-state index contributed by atoms with van der Waals surface area (Å²) in [4.78, 5) is 14.5. The van der Waals surface area contributed by atoms with Crippen molar-refractivity contribution in [3.05, 3.63) is 47.1 Å². The molecule has 0 bridgehead atoms. The van der Waals surface area contributed by atoms with Crippen LogP contribution in [0.25, 0.3) is 0 Å². The maximum atomic E-state index is 12.4. The molecular weight excluding hydrogens is 340 g/mol. The van der Waals surface area contributed by atoms with Crippen molar-refractivity contribution in [2.75, 3.05) is 25.0 Å². The standard InChI is InChI=1S/C18H23ClN4O2/c1-13-9-22(10-14(2)25-13)12-18(24)21-17-6-7-20-23(17)11-15-4-3-5-16(19)8-15/h3-8,13-14H,9-12H2,1-2H3,(H,21,24). The number of halogens is 1. The molecule has 1 aliphatic rings. The molecule has 1 fully saturated rings. The van der Waals surface area contributed by atoms with E-state index < -0.39 is 0 Å². The Morgan fingerprint density at radius 1 is 1.32 bits per heavy atom. The van der Waals surface area contributed by atoms with E-state index in [9.17, 15) is 4.79 Å². The smallest absolute Gasteiger partial charge is 0.239 e. The molecule has 25 heavy (non-hydrogen) atoms. The van der Waals surface area contributed by atoms with E-state index in [2.05, 4.69) is 15.3 Å². The molecule has 0 radical (unpaired) electrons. The van der Waals surface area contributed by atoms with Crippen LogP contribution in [0, 0.1) is 0 Å². The number of hydrogen-bond acceptors (Lipinski definition) is 4. The number of amides is 1. The summed E-state index contributed by atoms with van der Waals surface area (Å²) in [7, 11) is 0. The van der Waals surface area contributed by atoms with Gasteiger partial charge < -0.3 is 10.1 Å². The maximum absolute atomic E-state index is 12.4. The van der Waals surface area contributed by atoms with Crippen LogP contribution in [0.2, 0.25) is 5.02 Å². The minimum absolute atomic E-state index is 0.0471. The van der Waals surface area contributed by atoms with Crippen molar-refractivity contribution >= 4 is 23.3 Å². The zero-order valence-electron chi connectivity index (χ0n) is 14.5. The highest BCUT2D eigenvalue weighted by Gasteiger charge is 2.23. The molecule has 1 aromatic heterocycles. The van der Waals surface area contributed by atoms with E-state index in [1.165, 1.54) is 0 Å². The Balaban J connectivity index is 1.60. The van der Waals surface area contributed by atoms with E-state index in [4.69, 9.17) is 16.3 Å². The first-order valence-electron chi connectivity index (χ1n) is 8.43. The molecule has 0 aliphatic carbocycles. The van der Waals surface area contributed by atoms with Gasteiger partial charge in [0.2, 0.25) is 5.91 Å². The second kappa shape index (κ2) is 7.99. The van der Waals surface area contributed by atoms with Gasteiger partial charge in [0, 0.05) is 24.2 Å². The van der Waals surface area contributed by atoms with E-state index in [0.717, 1.165) is 18.7 Å². The fraction of sp³-hybridized carbons (Fsp3) is 0.444. The third kappa shape index (κ3) is 5.04. The van der Waals surface area contributed by atoms with Crippen molar-refractivity contribution in [2.24, 2.45) is 0 Å². The molecule has 2 unspecified atom stereocenters. The Morgan fingerprint density at radius 3 is 2.80 bits per heavy atom. The Bertz CT molecular complexity index is 723. The summed E-state index contributed by atoms with van der Waals surface area (Å²) < 4.78 is 7.46. The number of nitrogens with zero attached hydrogens (tertiary/aromatic N) is 3. The first-order valence-corrected chi connectivity index (χ1v) is 8.81. The van der Waals surface area contributed by atoms with Crippen molar-refractivity contribution in [3.63, 3.8) is 0 Å². The van der Waals surface area contributed by atoms with Crippen molar-refractivity contribution in [3.8, 4) is 0 Å². The minimum atomic E-state index is -0.0471. The Labute approximate surface area is 152 Å². The van der Waals surface area contributed by atoms with Gasteiger partial charge in [0.15, 0.2) is 0 Å². The summed E-state index contributed by atoms with van der Waals surface area (Å²) in [5.74, 6) is 0.633. The third-order valence-electron chi connectivity index (χ3n) is 4.07. The SMILES string of the molecule is CC1CN(CC(=O)Nc2ccnn2Cc2cccc(Cl)c2)CC(C)O1. The number of aromatic nitrogens is 2. The minimum Gasteiger partial charge on any atom is -0.373 e. The molecule has 0 saturated carbocycles. The van der Waals surface area contributed by atoms with Gasteiger partial charge in [-0.05, 0) is 31.5 Å². The van der Waals surface area contributed by atoms with Gasteiger partial charge in [0.05, 0.1) is 31.5 Å². The van der Waals surface area contributed by atoms with Crippen molar-refractivity contribution in [1.82, 2.24) is 14.7 Å². The van der Waals surface area contributed by atoms with Crippen LogP contribution in [0.5, 0.6) is 0 Å². The molecule has 2 heterocycles. The summed E-state index contributed by atoms with van der Waals surface area (Å²) in [6.45, 7) is 6.48. The number of carbonyl (C=O) groups is 1. The van der Waals surface area contributed by atoms with Gasteiger partial charge in [0.1, 0.15) is 5.82 Å². The predicted molar refractivity (Wildman–Crippen MR) is 97.9 cm³/mol. The van der Waals surface area contributed by atoms with Crippen LogP contribution in [0.15, 0.2) is 36.5 Å². The van der Waals surface area contributed by atoms with Crippen molar-refractivity contribution in [1.29, 1.82) is 0 Å².